The third-order valence-electron chi connectivity index (χ3n) is 2.92. The number of aryl methyl sites for hydroxylation is 2. The molecular weight excluding hydrogens is 218 g/mol. The summed E-state index contributed by atoms with van der Waals surface area (Å²) in [4.78, 5) is 0. The second kappa shape index (κ2) is 6.30. The topological polar surface area (TPSA) is 29.9 Å². The van der Waals surface area contributed by atoms with Crippen LogP contribution in [0.4, 0.5) is 0 Å². The largest absolute Gasteiger partial charge is 0.310 e. The Morgan fingerprint density at radius 1 is 1.50 bits per heavy atom. The molecule has 0 amide bonds. The van der Waals surface area contributed by atoms with E-state index in [0.717, 1.165) is 17.5 Å². The van der Waals surface area contributed by atoms with Crippen molar-refractivity contribution < 1.29 is 0 Å². The SMILES string of the molecule is CSC(C)CCNC(C)c1cn(C)nc1C. The molecule has 0 fully saturated rings. The quantitative estimate of drug-likeness (QED) is 0.830. The van der Waals surface area contributed by atoms with Gasteiger partial charge in [-0.25, -0.2) is 0 Å². The molecule has 0 spiro atoms. The minimum atomic E-state index is 0.391. The van der Waals surface area contributed by atoms with Gasteiger partial charge in [-0.2, -0.15) is 16.9 Å². The minimum absolute atomic E-state index is 0.391. The van der Waals surface area contributed by atoms with Crippen molar-refractivity contribution in [3.8, 4) is 0 Å². The fourth-order valence-electron chi connectivity index (χ4n) is 1.77. The minimum Gasteiger partial charge on any atom is -0.310 e. The van der Waals surface area contributed by atoms with Crippen molar-refractivity contribution >= 4 is 11.8 Å². The first-order chi connectivity index (χ1) is 7.54. The summed E-state index contributed by atoms with van der Waals surface area (Å²) in [6, 6.07) is 0.391. The fraction of sp³-hybridized carbons (Fsp3) is 0.750. The van der Waals surface area contributed by atoms with Crippen molar-refractivity contribution in [1.29, 1.82) is 0 Å². The molecule has 0 aliphatic rings. The zero-order valence-corrected chi connectivity index (χ0v) is 11.8. The molecule has 16 heavy (non-hydrogen) atoms. The van der Waals surface area contributed by atoms with Gasteiger partial charge in [-0.05, 0) is 33.1 Å². The maximum Gasteiger partial charge on any atom is 0.0641 e. The molecule has 4 heteroatoms. The molecular formula is C12H23N3S. The lowest BCUT2D eigenvalue weighted by Gasteiger charge is -2.14. The van der Waals surface area contributed by atoms with Gasteiger partial charge in [0.25, 0.3) is 0 Å². The number of nitrogens with one attached hydrogen (secondary N) is 1. The molecule has 1 rings (SSSR count). The fourth-order valence-corrected chi connectivity index (χ4v) is 2.13. The van der Waals surface area contributed by atoms with E-state index in [0.29, 0.717) is 6.04 Å². The first-order valence-electron chi connectivity index (χ1n) is 5.81. The zero-order chi connectivity index (χ0) is 12.1. The van der Waals surface area contributed by atoms with Gasteiger partial charge in [0, 0.05) is 30.1 Å². The van der Waals surface area contributed by atoms with E-state index in [9.17, 15) is 0 Å². The number of aromatic nitrogens is 2. The highest BCUT2D eigenvalue weighted by atomic mass is 32.2. The second-order valence-corrected chi connectivity index (χ2v) is 5.63. The van der Waals surface area contributed by atoms with Gasteiger partial charge in [-0.1, -0.05) is 6.92 Å². The van der Waals surface area contributed by atoms with Crippen molar-refractivity contribution in [1.82, 2.24) is 15.1 Å². The highest BCUT2D eigenvalue weighted by Crippen LogP contribution is 2.16. The van der Waals surface area contributed by atoms with E-state index in [1.807, 2.05) is 23.5 Å². The maximum absolute atomic E-state index is 4.36. The van der Waals surface area contributed by atoms with Crippen LogP contribution in [0, 0.1) is 6.92 Å². The Hall–Kier alpha value is -0.480. The van der Waals surface area contributed by atoms with Crippen LogP contribution in [-0.4, -0.2) is 27.8 Å². The van der Waals surface area contributed by atoms with E-state index in [4.69, 9.17) is 0 Å². The van der Waals surface area contributed by atoms with Crippen molar-refractivity contribution in [2.24, 2.45) is 7.05 Å². The Morgan fingerprint density at radius 3 is 2.69 bits per heavy atom. The van der Waals surface area contributed by atoms with E-state index in [-0.39, 0.29) is 0 Å². The predicted molar refractivity (Wildman–Crippen MR) is 72.0 cm³/mol. The van der Waals surface area contributed by atoms with E-state index >= 15 is 0 Å². The number of thioether (sulfide) groups is 1. The van der Waals surface area contributed by atoms with Crippen LogP contribution in [-0.2, 0) is 7.05 Å². The molecule has 0 aromatic carbocycles. The van der Waals surface area contributed by atoms with Gasteiger partial charge in [-0.3, -0.25) is 4.68 Å². The number of hydrogen-bond acceptors (Lipinski definition) is 3. The molecule has 2 unspecified atom stereocenters. The van der Waals surface area contributed by atoms with Gasteiger partial charge in [0.2, 0.25) is 0 Å². The zero-order valence-electron chi connectivity index (χ0n) is 10.9. The summed E-state index contributed by atoms with van der Waals surface area (Å²) in [5.41, 5.74) is 2.43. The number of rotatable bonds is 6. The van der Waals surface area contributed by atoms with Crippen LogP contribution in [0.25, 0.3) is 0 Å². The first-order valence-corrected chi connectivity index (χ1v) is 7.09. The summed E-state index contributed by atoms with van der Waals surface area (Å²) < 4.78 is 1.88. The van der Waals surface area contributed by atoms with Crippen LogP contribution in [0.3, 0.4) is 0 Å². The lowest BCUT2D eigenvalue weighted by molar-refractivity contribution is 0.556. The predicted octanol–water partition coefficient (Wildman–Crippen LogP) is 2.52. The number of nitrogens with zero attached hydrogens (tertiary/aromatic N) is 2. The van der Waals surface area contributed by atoms with Crippen molar-refractivity contribution in [3.63, 3.8) is 0 Å². The summed E-state index contributed by atoms with van der Waals surface area (Å²) in [6.07, 6.45) is 5.48. The standard InChI is InChI=1S/C12H23N3S/c1-9(16-5)6-7-13-10(2)12-8-15(4)14-11(12)3/h8-10,13H,6-7H2,1-5H3. The van der Waals surface area contributed by atoms with Crippen LogP contribution in [0.1, 0.15) is 37.6 Å². The third kappa shape index (κ3) is 3.83. The van der Waals surface area contributed by atoms with Gasteiger partial charge >= 0.3 is 0 Å². The molecule has 2 atom stereocenters. The molecule has 0 bridgehead atoms. The van der Waals surface area contributed by atoms with Gasteiger partial charge in [0.05, 0.1) is 5.69 Å². The normalized spacial score (nSPS) is 15.1. The average Bonchev–Trinajstić information content (AvgIpc) is 2.57. The summed E-state index contributed by atoms with van der Waals surface area (Å²) in [5.74, 6) is 0. The van der Waals surface area contributed by atoms with Crippen LogP contribution >= 0.6 is 11.8 Å². The second-order valence-electron chi connectivity index (χ2n) is 4.35. The van der Waals surface area contributed by atoms with Crippen LogP contribution in [0.2, 0.25) is 0 Å². The van der Waals surface area contributed by atoms with Crippen molar-refractivity contribution in [2.45, 2.75) is 38.5 Å². The molecule has 0 radical (unpaired) electrons. The smallest absolute Gasteiger partial charge is 0.0641 e. The van der Waals surface area contributed by atoms with Crippen LogP contribution < -0.4 is 5.32 Å². The highest BCUT2D eigenvalue weighted by Gasteiger charge is 2.11. The monoisotopic (exact) mass is 241 g/mol. The van der Waals surface area contributed by atoms with Crippen LogP contribution in [0.5, 0.6) is 0 Å². The Bertz CT molecular complexity index is 322. The summed E-state index contributed by atoms with van der Waals surface area (Å²) in [7, 11) is 1.97. The van der Waals surface area contributed by atoms with E-state index in [1.165, 1.54) is 12.0 Å². The molecule has 92 valence electrons. The molecule has 0 aliphatic heterocycles. The molecule has 1 aromatic heterocycles. The van der Waals surface area contributed by atoms with E-state index < -0.39 is 0 Å². The lowest BCUT2D eigenvalue weighted by Crippen LogP contribution is -2.22. The highest BCUT2D eigenvalue weighted by molar-refractivity contribution is 7.99. The van der Waals surface area contributed by atoms with Crippen molar-refractivity contribution in [2.75, 3.05) is 12.8 Å². The molecule has 0 saturated heterocycles. The lowest BCUT2D eigenvalue weighted by atomic mass is 10.1. The first kappa shape index (κ1) is 13.6. The van der Waals surface area contributed by atoms with Gasteiger partial charge in [-0.15, -0.1) is 0 Å². The summed E-state index contributed by atoms with van der Waals surface area (Å²) in [6.45, 7) is 7.61. The average molecular weight is 241 g/mol. The Morgan fingerprint density at radius 2 is 2.19 bits per heavy atom. The third-order valence-corrected chi connectivity index (χ3v) is 3.96. The van der Waals surface area contributed by atoms with Gasteiger partial charge in [0.1, 0.15) is 0 Å². The van der Waals surface area contributed by atoms with Crippen LogP contribution in [0.15, 0.2) is 6.20 Å². The van der Waals surface area contributed by atoms with Gasteiger partial charge in [0.15, 0.2) is 0 Å². The molecule has 0 aliphatic carbocycles. The van der Waals surface area contributed by atoms with E-state index in [1.54, 1.807) is 0 Å². The Labute approximate surface area is 103 Å². The maximum atomic E-state index is 4.36. The Balaban J connectivity index is 2.40. The van der Waals surface area contributed by atoms with Crippen molar-refractivity contribution in [3.05, 3.63) is 17.5 Å². The molecule has 1 aromatic rings. The summed E-state index contributed by atoms with van der Waals surface area (Å²) in [5, 5.41) is 8.65. The van der Waals surface area contributed by atoms with E-state index in [2.05, 4.69) is 43.6 Å². The molecule has 1 heterocycles. The number of hydrogen-bond donors (Lipinski definition) is 1. The molecule has 0 saturated carbocycles. The Kier molecular flexibility index (Phi) is 5.35. The van der Waals surface area contributed by atoms with Gasteiger partial charge < -0.3 is 5.32 Å². The molecule has 3 nitrogen and oxygen atoms in total. The summed E-state index contributed by atoms with van der Waals surface area (Å²) >= 11 is 1.92. The molecule has 1 N–H and O–H groups in total.